The van der Waals surface area contributed by atoms with E-state index in [9.17, 15) is 13.2 Å². The molecule has 1 aliphatic carbocycles. The highest BCUT2D eigenvalue weighted by Gasteiger charge is 2.26. The standard InChI is InChI=1S/C22H29N3O3S2/c1-16-6-8-18(9-7-16)24-30(27,28)15-22(26)23-19-4-2-3-5-20(19)25-12-10-21-17(14-25)11-13-29-21/h2-5,11,13,16,18,24H,6-10,12,14-15H2,1H3,(H,23,26). The predicted octanol–water partition coefficient (Wildman–Crippen LogP) is 3.75. The second kappa shape index (κ2) is 9.08. The average Bonchev–Trinajstić information content (AvgIpc) is 3.17. The lowest BCUT2D eigenvalue weighted by molar-refractivity contribution is -0.113. The number of hydrogen-bond acceptors (Lipinski definition) is 5. The summed E-state index contributed by atoms with van der Waals surface area (Å²) in [6, 6.07) is 9.70. The zero-order valence-corrected chi connectivity index (χ0v) is 18.9. The Balaban J connectivity index is 1.39. The first-order valence-electron chi connectivity index (χ1n) is 10.6. The van der Waals surface area contributed by atoms with Gasteiger partial charge in [-0.05, 0) is 67.2 Å². The van der Waals surface area contributed by atoms with Crippen molar-refractivity contribution in [3.05, 3.63) is 46.2 Å². The molecule has 0 saturated heterocycles. The third-order valence-corrected chi connectivity index (χ3v) is 8.37. The quantitative estimate of drug-likeness (QED) is 0.707. The van der Waals surface area contributed by atoms with Crippen LogP contribution in [-0.2, 0) is 27.8 Å². The van der Waals surface area contributed by atoms with Crippen LogP contribution in [0, 0.1) is 5.92 Å². The molecule has 1 fully saturated rings. The van der Waals surface area contributed by atoms with Crippen molar-refractivity contribution >= 4 is 38.6 Å². The van der Waals surface area contributed by atoms with Crippen LogP contribution in [0.25, 0.3) is 0 Å². The van der Waals surface area contributed by atoms with Crippen molar-refractivity contribution in [1.82, 2.24) is 4.72 Å². The zero-order chi connectivity index (χ0) is 21.1. The van der Waals surface area contributed by atoms with E-state index in [4.69, 9.17) is 0 Å². The fourth-order valence-electron chi connectivity index (χ4n) is 4.34. The van der Waals surface area contributed by atoms with Crippen LogP contribution in [0.2, 0.25) is 0 Å². The van der Waals surface area contributed by atoms with Gasteiger partial charge in [0.05, 0.1) is 11.4 Å². The Bertz CT molecular complexity index is 995. The number of rotatable bonds is 6. The highest BCUT2D eigenvalue weighted by Crippen LogP contribution is 2.32. The summed E-state index contributed by atoms with van der Waals surface area (Å²) in [5.74, 6) is -0.417. The Morgan fingerprint density at radius 2 is 1.93 bits per heavy atom. The van der Waals surface area contributed by atoms with Crippen molar-refractivity contribution < 1.29 is 13.2 Å². The molecular formula is C22H29N3O3S2. The molecule has 0 atom stereocenters. The number of nitrogens with one attached hydrogen (secondary N) is 2. The van der Waals surface area contributed by atoms with E-state index in [-0.39, 0.29) is 6.04 Å². The number of nitrogens with zero attached hydrogens (tertiary/aromatic N) is 1. The Kier molecular flexibility index (Phi) is 6.46. The Morgan fingerprint density at radius 3 is 2.73 bits per heavy atom. The minimum atomic E-state index is -3.66. The number of anilines is 2. The number of thiophene rings is 1. The van der Waals surface area contributed by atoms with Gasteiger partial charge in [-0.25, -0.2) is 13.1 Å². The Labute approximate surface area is 182 Å². The molecule has 162 valence electrons. The summed E-state index contributed by atoms with van der Waals surface area (Å²) >= 11 is 1.79. The monoisotopic (exact) mass is 447 g/mol. The predicted molar refractivity (Wildman–Crippen MR) is 122 cm³/mol. The Hall–Kier alpha value is -1.90. The highest BCUT2D eigenvalue weighted by molar-refractivity contribution is 7.90. The lowest BCUT2D eigenvalue weighted by Gasteiger charge is -2.30. The van der Waals surface area contributed by atoms with Gasteiger partial charge in [0.15, 0.2) is 0 Å². The lowest BCUT2D eigenvalue weighted by atomic mass is 9.88. The summed E-state index contributed by atoms with van der Waals surface area (Å²) < 4.78 is 27.7. The number of hydrogen-bond donors (Lipinski definition) is 2. The van der Waals surface area contributed by atoms with Crippen LogP contribution in [0.4, 0.5) is 11.4 Å². The van der Waals surface area contributed by atoms with Gasteiger partial charge in [-0.2, -0.15) is 0 Å². The van der Waals surface area contributed by atoms with E-state index in [2.05, 4.69) is 33.3 Å². The molecule has 8 heteroatoms. The number of amides is 1. The molecule has 1 amide bonds. The van der Waals surface area contributed by atoms with Crippen LogP contribution >= 0.6 is 11.3 Å². The van der Waals surface area contributed by atoms with E-state index in [1.165, 1.54) is 10.4 Å². The van der Waals surface area contributed by atoms with Crippen molar-refractivity contribution in [2.45, 2.75) is 51.6 Å². The van der Waals surface area contributed by atoms with Gasteiger partial charge < -0.3 is 10.2 Å². The summed E-state index contributed by atoms with van der Waals surface area (Å²) in [6.07, 6.45) is 4.70. The number of fused-ring (bicyclic) bond motifs is 1. The molecule has 1 saturated carbocycles. The smallest absolute Gasteiger partial charge is 0.241 e. The summed E-state index contributed by atoms with van der Waals surface area (Å²) in [5, 5.41) is 4.95. The molecule has 0 bridgehead atoms. The van der Waals surface area contributed by atoms with Crippen molar-refractivity contribution in [2.75, 3.05) is 22.5 Å². The van der Waals surface area contributed by atoms with Gasteiger partial charge in [-0.3, -0.25) is 4.79 Å². The molecule has 2 heterocycles. The molecule has 4 rings (SSSR count). The molecule has 6 nitrogen and oxygen atoms in total. The minimum Gasteiger partial charge on any atom is -0.365 e. The average molecular weight is 448 g/mol. The normalized spacial score (nSPS) is 21.8. The van der Waals surface area contributed by atoms with E-state index < -0.39 is 21.7 Å². The van der Waals surface area contributed by atoms with Gasteiger partial charge in [-0.1, -0.05) is 19.1 Å². The first-order chi connectivity index (χ1) is 14.4. The minimum absolute atomic E-state index is 0.0561. The maximum absolute atomic E-state index is 12.6. The van der Waals surface area contributed by atoms with Gasteiger partial charge in [0.25, 0.3) is 0 Å². The fourth-order valence-corrected chi connectivity index (χ4v) is 6.48. The van der Waals surface area contributed by atoms with Crippen LogP contribution in [-0.4, -0.2) is 32.7 Å². The zero-order valence-electron chi connectivity index (χ0n) is 17.3. The molecule has 1 aromatic heterocycles. The van der Waals surface area contributed by atoms with Crippen molar-refractivity contribution in [2.24, 2.45) is 5.92 Å². The first kappa shape index (κ1) is 21.3. The molecule has 2 aromatic rings. The molecule has 2 aliphatic rings. The molecule has 2 N–H and O–H groups in total. The van der Waals surface area contributed by atoms with Gasteiger partial charge in [-0.15, -0.1) is 11.3 Å². The second-order valence-corrected chi connectivity index (χ2v) is 11.2. The van der Waals surface area contributed by atoms with E-state index in [0.717, 1.165) is 50.9 Å². The molecule has 1 aromatic carbocycles. The largest absolute Gasteiger partial charge is 0.365 e. The summed E-state index contributed by atoms with van der Waals surface area (Å²) in [5.41, 5.74) is 2.90. The second-order valence-electron chi connectivity index (χ2n) is 8.44. The Morgan fingerprint density at radius 1 is 1.17 bits per heavy atom. The summed E-state index contributed by atoms with van der Waals surface area (Å²) in [4.78, 5) is 16.2. The highest BCUT2D eigenvalue weighted by atomic mass is 32.2. The SMILES string of the molecule is CC1CCC(NS(=O)(=O)CC(=O)Nc2ccccc2N2CCc3sccc3C2)CC1. The maximum Gasteiger partial charge on any atom is 0.241 e. The molecule has 0 unspecified atom stereocenters. The van der Waals surface area contributed by atoms with Crippen LogP contribution in [0.3, 0.4) is 0 Å². The van der Waals surface area contributed by atoms with Crippen LogP contribution in [0.1, 0.15) is 43.0 Å². The van der Waals surface area contributed by atoms with Gasteiger partial charge >= 0.3 is 0 Å². The van der Waals surface area contributed by atoms with E-state index in [1.54, 1.807) is 11.3 Å². The molecule has 1 aliphatic heterocycles. The van der Waals surface area contributed by atoms with Crippen LogP contribution < -0.4 is 14.9 Å². The number of sulfonamides is 1. The van der Waals surface area contributed by atoms with Crippen molar-refractivity contribution in [1.29, 1.82) is 0 Å². The van der Waals surface area contributed by atoms with Crippen LogP contribution in [0.15, 0.2) is 35.7 Å². The van der Waals surface area contributed by atoms with Crippen LogP contribution in [0.5, 0.6) is 0 Å². The fraction of sp³-hybridized carbons (Fsp3) is 0.500. The maximum atomic E-state index is 12.6. The number of para-hydroxylation sites is 2. The molecule has 0 radical (unpaired) electrons. The topological polar surface area (TPSA) is 78.5 Å². The molecule has 30 heavy (non-hydrogen) atoms. The first-order valence-corrected chi connectivity index (χ1v) is 13.1. The van der Waals surface area contributed by atoms with Crippen molar-refractivity contribution in [3.63, 3.8) is 0 Å². The number of benzene rings is 1. The van der Waals surface area contributed by atoms with Gasteiger partial charge in [0, 0.05) is 24.0 Å². The van der Waals surface area contributed by atoms with Crippen molar-refractivity contribution in [3.8, 4) is 0 Å². The third kappa shape index (κ3) is 5.22. The number of carbonyl (C=O) groups excluding carboxylic acids is 1. The summed E-state index contributed by atoms with van der Waals surface area (Å²) in [6.45, 7) is 3.86. The lowest BCUT2D eigenvalue weighted by Crippen LogP contribution is -2.41. The van der Waals surface area contributed by atoms with E-state index in [0.29, 0.717) is 11.6 Å². The third-order valence-electron chi connectivity index (χ3n) is 6.01. The number of carbonyl (C=O) groups is 1. The van der Waals surface area contributed by atoms with E-state index >= 15 is 0 Å². The molecular weight excluding hydrogens is 418 g/mol. The van der Waals surface area contributed by atoms with Gasteiger partial charge in [0.2, 0.25) is 15.9 Å². The van der Waals surface area contributed by atoms with E-state index in [1.807, 2.05) is 24.3 Å². The molecule has 0 spiro atoms. The summed E-state index contributed by atoms with van der Waals surface area (Å²) in [7, 11) is -3.66. The van der Waals surface area contributed by atoms with Gasteiger partial charge in [0.1, 0.15) is 5.75 Å².